The molecule has 0 radical (unpaired) electrons. The SMILES string of the molecule is CC(C)Oc1ccc(Nc2ccnc(NCCc3c[nH]c4ccccc34)n2)cc1. The van der Waals surface area contributed by atoms with Crippen LogP contribution in [0.2, 0.25) is 0 Å². The van der Waals surface area contributed by atoms with Gasteiger partial charge in [-0.15, -0.1) is 0 Å². The van der Waals surface area contributed by atoms with Crippen LogP contribution in [0.25, 0.3) is 10.9 Å². The normalized spacial score (nSPS) is 11.0. The van der Waals surface area contributed by atoms with Gasteiger partial charge in [-0.1, -0.05) is 18.2 Å². The fourth-order valence-electron chi connectivity index (χ4n) is 3.20. The zero-order valence-corrected chi connectivity index (χ0v) is 16.6. The lowest BCUT2D eigenvalue weighted by Gasteiger charge is -2.11. The summed E-state index contributed by atoms with van der Waals surface area (Å²) < 4.78 is 5.67. The molecule has 4 rings (SSSR count). The first-order valence-corrected chi connectivity index (χ1v) is 9.83. The summed E-state index contributed by atoms with van der Waals surface area (Å²) in [4.78, 5) is 12.2. The Morgan fingerprint density at radius 1 is 1.03 bits per heavy atom. The molecule has 2 heterocycles. The molecule has 0 aliphatic rings. The first kappa shape index (κ1) is 18.8. The molecule has 0 fully saturated rings. The van der Waals surface area contributed by atoms with E-state index in [9.17, 15) is 0 Å². The van der Waals surface area contributed by atoms with Crippen LogP contribution >= 0.6 is 0 Å². The Labute approximate surface area is 170 Å². The molecule has 2 aromatic heterocycles. The highest BCUT2D eigenvalue weighted by molar-refractivity contribution is 5.83. The number of aromatic nitrogens is 3. The lowest BCUT2D eigenvalue weighted by Crippen LogP contribution is -2.08. The van der Waals surface area contributed by atoms with Gasteiger partial charge in [0, 0.05) is 35.5 Å². The van der Waals surface area contributed by atoms with Gasteiger partial charge in [-0.3, -0.25) is 0 Å². The van der Waals surface area contributed by atoms with Crippen molar-refractivity contribution in [1.29, 1.82) is 0 Å². The van der Waals surface area contributed by atoms with Crippen molar-refractivity contribution in [3.63, 3.8) is 0 Å². The summed E-state index contributed by atoms with van der Waals surface area (Å²) in [5, 5.41) is 7.87. The number of nitrogens with one attached hydrogen (secondary N) is 3. The summed E-state index contributed by atoms with van der Waals surface area (Å²) in [6.07, 6.45) is 4.87. The fourth-order valence-corrected chi connectivity index (χ4v) is 3.20. The Morgan fingerprint density at radius 3 is 2.69 bits per heavy atom. The molecule has 0 amide bonds. The van der Waals surface area contributed by atoms with Crippen LogP contribution in [0.3, 0.4) is 0 Å². The number of hydrogen-bond acceptors (Lipinski definition) is 5. The van der Waals surface area contributed by atoms with Crippen LogP contribution in [0.15, 0.2) is 67.0 Å². The Bertz CT molecular complexity index is 1070. The molecule has 0 aliphatic carbocycles. The van der Waals surface area contributed by atoms with E-state index in [1.807, 2.05) is 50.2 Å². The van der Waals surface area contributed by atoms with E-state index in [1.165, 1.54) is 10.9 Å². The Morgan fingerprint density at radius 2 is 1.86 bits per heavy atom. The van der Waals surface area contributed by atoms with Crippen molar-refractivity contribution in [2.24, 2.45) is 0 Å². The summed E-state index contributed by atoms with van der Waals surface area (Å²) in [6.45, 7) is 4.78. The Balaban J connectivity index is 1.35. The number of para-hydroxylation sites is 1. The molecule has 0 bridgehead atoms. The van der Waals surface area contributed by atoms with Crippen molar-refractivity contribution >= 4 is 28.4 Å². The summed E-state index contributed by atoms with van der Waals surface area (Å²) in [5.74, 6) is 2.20. The molecule has 6 nitrogen and oxygen atoms in total. The Hall–Kier alpha value is -3.54. The molecule has 4 aromatic rings. The minimum Gasteiger partial charge on any atom is -0.491 e. The average molecular weight is 387 g/mol. The molecule has 6 heteroatoms. The molecular weight excluding hydrogens is 362 g/mol. The topological polar surface area (TPSA) is 74.9 Å². The smallest absolute Gasteiger partial charge is 0.224 e. The van der Waals surface area contributed by atoms with Crippen LogP contribution in [0.1, 0.15) is 19.4 Å². The van der Waals surface area contributed by atoms with Gasteiger partial charge in [0.2, 0.25) is 5.95 Å². The van der Waals surface area contributed by atoms with E-state index >= 15 is 0 Å². The average Bonchev–Trinajstić information content (AvgIpc) is 3.13. The second-order valence-electron chi connectivity index (χ2n) is 7.12. The van der Waals surface area contributed by atoms with Crippen molar-refractivity contribution in [2.75, 3.05) is 17.2 Å². The molecule has 29 heavy (non-hydrogen) atoms. The third kappa shape index (κ3) is 4.85. The summed E-state index contributed by atoms with van der Waals surface area (Å²) >= 11 is 0. The van der Waals surface area contributed by atoms with Gasteiger partial charge in [-0.05, 0) is 62.2 Å². The van der Waals surface area contributed by atoms with E-state index in [0.29, 0.717) is 5.95 Å². The van der Waals surface area contributed by atoms with E-state index < -0.39 is 0 Å². The van der Waals surface area contributed by atoms with E-state index in [0.717, 1.165) is 35.7 Å². The second kappa shape index (κ2) is 8.65. The maximum absolute atomic E-state index is 5.67. The monoisotopic (exact) mass is 387 g/mol. The largest absolute Gasteiger partial charge is 0.491 e. The van der Waals surface area contributed by atoms with Crippen LogP contribution in [0.5, 0.6) is 5.75 Å². The number of anilines is 3. The molecule has 0 saturated carbocycles. The van der Waals surface area contributed by atoms with Gasteiger partial charge >= 0.3 is 0 Å². The number of hydrogen-bond donors (Lipinski definition) is 3. The third-order valence-corrected chi connectivity index (χ3v) is 4.51. The number of H-pyrrole nitrogens is 1. The van der Waals surface area contributed by atoms with Gasteiger partial charge < -0.3 is 20.4 Å². The van der Waals surface area contributed by atoms with Gasteiger partial charge in [0.1, 0.15) is 11.6 Å². The van der Waals surface area contributed by atoms with Crippen LogP contribution in [0, 0.1) is 0 Å². The summed E-state index contributed by atoms with van der Waals surface area (Å²) in [7, 11) is 0. The lowest BCUT2D eigenvalue weighted by atomic mass is 10.1. The number of fused-ring (bicyclic) bond motifs is 1. The van der Waals surface area contributed by atoms with E-state index in [1.54, 1.807) is 6.20 Å². The molecule has 148 valence electrons. The Kier molecular flexibility index (Phi) is 5.61. The zero-order valence-electron chi connectivity index (χ0n) is 16.6. The predicted molar refractivity (Wildman–Crippen MR) is 118 cm³/mol. The van der Waals surface area contributed by atoms with Gasteiger partial charge in [0.25, 0.3) is 0 Å². The van der Waals surface area contributed by atoms with Crippen molar-refractivity contribution < 1.29 is 4.74 Å². The molecule has 0 aliphatic heterocycles. The number of benzene rings is 2. The van der Waals surface area contributed by atoms with E-state index in [4.69, 9.17) is 4.74 Å². The standard InChI is InChI=1S/C23H25N5O/c1-16(2)29-19-9-7-18(8-10-19)27-22-12-14-25-23(28-22)24-13-11-17-15-26-21-6-4-3-5-20(17)21/h3-10,12,14-16,26H,11,13H2,1-2H3,(H2,24,25,27,28). The minimum absolute atomic E-state index is 0.161. The highest BCUT2D eigenvalue weighted by Crippen LogP contribution is 2.21. The van der Waals surface area contributed by atoms with Crippen molar-refractivity contribution in [2.45, 2.75) is 26.4 Å². The fraction of sp³-hybridized carbons (Fsp3) is 0.217. The highest BCUT2D eigenvalue weighted by Gasteiger charge is 2.04. The first-order valence-electron chi connectivity index (χ1n) is 9.83. The molecule has 3 N–H and O–H groups in total. The van der Waals surface area contributed by atoms with Crippen LogP contribution in [-0.4, -0.2) is 27.6 Å². The van der Waals surface area contributed by atoms with Gasteiger partial charge in [-0.25, -0.2) is 4.98 Å². The van der Waals surface area contributed by atoms with Crippen LogP contribution < -0.4 is 15.4 Å². The van der Waals surface area contributed by atoms with Gasteiger partial charge in [0.15, 0.2) is 0 Å². The van der Waals surface area contributed by atoms with Gasteiger partial charge in [-0.2, -0.15) is 4.98 Å². The molecule has 2 aromatic carbocycles. The van der Waals surface area contributed by atoms with Gasteiger partial charge in [0.05, 0.1) is 6.10 Å². The summed E-state index contributed by atoms with van der Waals surface area (Å²) in [5.41, 5.74) is 3.39. The molecular formula is C23H25N5O. The highest BCUT2D eigenvalue weighted by atomic mass is 16.5. The van der Waals surface area contributed by atoms with Crippen LogP contribution in [0.4, 0.5) is 17.5 Å². The van der Waals surface area contributed by atoms with Crippen molar-refractivity contribution in [3.8, 4) is 5.75 Å². The zero-order chi connectivity index (χ0) is 20.1. The maximum atomic E-state index is 5.67. The number of nitrogens with zero attached hydrogens (tertiary/aromatic N) is 2. The van der Waals surface area contributed by atoms with Crippen molar-refractivity contribution in [1.82, 2.24) is 15.0 Å². The minimum atomic E-state index is 0.161. The third-order valence-electron chi connectivity index (χ3n) is 4.51. The molecule has 0 spiro atoms. The second-order valence-corrected chi connectivity index (χ2v) is 7.12. The number of rotatable bonds is 8. The quantitative estimate of drug-likeness (QED) is 0.390. The summed E-state index contributed by atoms with van der Waals surface area (Å²) in [6, 6.07) is 18.0. The molecule has 0 saturated heterocycles. The number of ether oxygens (including phenoxy) is 1. The first-order chi connectivity index (χ1) is 14.2. The molecule has 0 unspecified atom stereocenters. The number of aromatic amines is 1. The molecule has 0 atom stereocenters. The van der Waals surface area contributed by atoms with Crippen LogP contribution in [-0.2, 0) is 6.42 Å². The maximum Gasteiger partial charge on any atom is 0.224 e. The van der Waals surface area contributed by atoms with Crippen molar-refractivity contribution in [3.05, 3.63) is 72.6 Å². The lowest BCUT2D eigenvalue weighted by molar-refractivity contribution is 0.242. The van der Waals surface area contributed by atoms with E-state index in [-0.39, 0.29) is 6.10 Å². The van der Waals surface area contributed by atoms with E-state index in [2.05, 4.69) is 50.0 Å². The predicted octanol–water partition coefficient (Wildman–Crippen LogP) is 5.14.